The molecule has 1 aliphatic rings. The van der Waals surface area contributed by atoms with E-state index in [9.17, 15) is 4.79 Å². The molecular formula is C21H21N3O3. The average molecular weight is 363 g/mol. The Morgan fingerprint density at radius 3 is 2.56 bits per heavy atom. The fraction of sp³-hybridized carbons (Fsp3) is 0.238. The van der Waals surface area contributed by atoms with Gasteiger partial charge in [-0.2, -0.15) is 0 Å². The number of Topliss-reactive ketones (excluding diaryl/α,β-unsaturated/α-hetero) is 1. The highest BCUT2D eigenvalue weighted by Gasteiger charge is 2.31. The number of imidazole rings is 1. The Balaban J connectivity index is 1.91. The predicted octanol–water partition coefficient (Wildman–Crippen LogP) is 4.04. The molecule has 1 atom stereocenters. The monoisotopic (exact) mass is 363 g/mol. The van der Waals surface area contributed by atoms with Crippen LogP contribution in [0.2, 0.25) is 0 Å². The number of rotatable bonds is 4. The lowest BCUT2D eigenvalue weighted by atomic mass is 9.93. The number of fused-ring (bicyclic) bond motifs is 3. The second-order valence-electron chi connectivity index (χ2n) is 6.51. The number of hydrogen-bond donors (Lipinski definition) is 1. The van der Waals surface area contributed by atoms with Crippen LogP contribution in [-0.4, -0.2) is 29.6 Å². The van der Waals surface area contributed by atoms with Crippen LogP contribution in [0.15, 0.2) is 48.0 Å². The summed E-state index contributed by atoms with van der Waals surface area (Å²) < 4.78 is 12.8. The van der Waals surface area contributed by atoms with Gasteiger partial charge in [-0.15, -0.1) is 0 Å². The summed E-state index contributed by atoms with van der Waals surface area (Å²) in [6.45, 7) is 3.56. The minimum absolute atomic E-state index is 0.0169. The number of methoxy groups -OCH3 is 2. The molecule has 2 aromatic carbocycles. The fourth-order valence-electron chi connectivity index (χ4n) is 3.73. The first-order chi connectivity index (χ1) is 13.0. The first-order valence-electron chi connectivity index (χ1n) is 8.73. The van der Waals surface area contributed by atoms with E-state index in [1.807, 2.05) is 54.0 Å². The van der Waals surface area contributed by atoms with Gasteiger partial charge in [-0.05, 0) is 43.7 Å². The van der Waals surface area contributed by atoms with Crippen molar-refractivity contribution in [2.75, 3.05) is 19.5 Å². The minimum Gasteiger partial charge on any atom is -0.493 e. The van der Waals surface area contributed by atoms with E-state index < -0.39 is 0 Å². The van der Waals surface area contributed by atoms with Crippen molar-refractivity contribution >= 4 is 28.5 Å². The van der Waals surface area contributed by atoms with Crippen molar-refractivity contribution in [2.24, 2.45) is 0 Å². The number of carbonyl (C=O) groups excluding carboxylic acids is 1. The van der Waals surface area contributed by atoms with Gasteiger partial charge in [-0.3, -0.25) is 9.36 Å². The van der Waals surface area contributed by atoms with Gasteiger partial charge < -0.3 is 14.8 Å². The molecular weight excluding hydrogens is 342 g/mol. The molecule has 1 aromatic heterocycles. The van der Waals surface area contributed by atoms with Gasteiger partial charge in [-0.1, -0.05) is 18.2 Å². The molecule has 0 saturated heterocycles. The van der Waals surface area contributed by atoms with Gasteiger partial charge in [0, 0.05) is 11.3 Å². The van der Waals surface area contributed by atoms with Gasteiger partial charge in [0.15, 0.2) is 17.3 Å². The first kappa shape index (κ1) is 17.1. The first-order valence-corrected chi connectivity index (χ1v) is 8.73. The van der Waals surface area contributed by atoms with Gasteiger partial charge in [-0.25, -0.2) is 4.98 Å². The van der Waals surface area contributed by atoms with Crippen LogP contribution >= 0.6 is 0 Å². The Kier molecular flexibility index (Phi) is 4.11. The Morgan fingerprint density at radius 1 is 1.11 bits per heavy atom. The molecule has 0 saturated carbocycles. The van der Waals surface area contributed by atoms with Gasteiger partial charge >= 0.3 is 0 Å². The number of aromatic nitrogens is 2. The van der Waals surface area contributed by atoms with Crippen molar-refractivity contribution in [1.29, 1.82) is 0 Å². The van der Waals surface area contributed by atoms with E-state index in [-0.39, 0.29) is 11.8 Å². The molecule has 6 heteroatoms. The molecule has 1 N–H and O–H groups in total. The zero-order valence-electron chi connectivity index (χ0n) is 15.7. The Morgan fingerprint density at radius 2 is 1.85 bits per heavy atom. The highest BCUT2D eigenvalue weighted by Crippen LogP contribution is 2.40. The van der Waals surface area contributed by atoms with E-state index in [0.717, 1.165) is 28.2 Å². The van der Waals surface area contributed by atoms with E-state index in [1.165, 1.54) is 0 Å². The van der Waals surface area contributed by atoms with Crippen LogP contribution in [0.3, 0.4) is 0 Å². The Labute approximate surface area is 157 Å². The number of hydrogen-bond acceptors (Lipinski definition) is 5. The van der Waals surface area contributed by atoms with Crippen LogP contribution in [-0.2, 0) is 4.79 Å². The predicted molar refractivity (Wildman–Crippen MR) is 105 cm³/mol. The largest absolute Gasteiger partial charge is 0.493 e. The van der Waals surface area contributed by atoms with Crippen LogP contribution in [0, 0.1) is 0 Å². The minimum atomic E-state index is -0.313. The number of benzene rings is 2. The molecule has 6 nitrogen and oxygen atoms in total. The molecule has 0 radical (unpaired) electrons. The van der Waals surface area contributed by atoms with Crippen molar-refractivity contribution in [1.82, 2.24) is 9.55 Å². The molecule has 0 amide bonds. The van der Waals surface area contributed by atoms with Crippen molar-refractivity contribution in [3.63, 3.8) is 0 Å². The number of anilines is 1. The molecule has 138 valence electrons. The van der Waals surface area contributed by atoms with Gasteiger partial charge in [0.05, 0.1) is 31.3 Å². The molecule has 27 heavy (non-hydrogen) atoms. The van der Waals surface area contributed by atoms with Crippen molar-refractivity contribution in [2.45, 2.75) is 19.9 Å². The quantitative estimate of drug-likeness (QED) is 0.758. The topological polar surface area (TPSA) is 65.4 Å². The lowest BCUT2D eigenvalue weighted by molar-refractivity contribution is -0.113. The second-order valence-corrected chi connectivity index (χ2v) is 6.51. The highest BCUT2D eigenvalue weighted by atomic mass is 16.5. The van der Waals surface area contributed by atoms with Gasteiger partial charge in [0.1, 0.15) is 0 Å². The highest BCUT2D eigenvalue weighted by molar-refractivity contribution is 6.03. The standard InChI is InChI=1S/C21H21N3O3/c1-12-19(13(2)25)20(14-9-10-17(26-3)18(11-14)27-4)23-21-22-15-7-5-6-8-16(15)24(12)21/h5-11,20H,1-4H3,(H,22,23). The van der Waals surface area contributed by atoms with Crippen LogP contribution in [0.1, 0.15) is 25.5 Å². The molecule has 0 fully saturated rings. The zero-order chi connectivity index (χ0) is 19.1. The third-order valence-electron chi connectivity index (χ3n) is 4.97. The van der Waals surface area contributed by atoms with Gasteiger partial charge in [0.25, 0.3) is 0 Å². The summed E-state index contributed by atoms with van der Waals surface area (Å²) in [6, 6.07) is 13.3. The third-order valence-corrected chi connectivity index (χ3v) is 4.97. The maximum Gasteiger partial charge on any atom is 0.209 e. The number of nitrogens with zero attached hydrogens (tertiary/aromatic N) is 2. The van der Waals surface area contributed by atoms with Gasteiger partial charge in [0.2, 0.25) is 5.95 Å². The Hall–Kier alpha value is -3.28. The summed E-state index contributed by atoms with van der Waals surface area (Å²) in [5.41, 5.74) is 4.36. The molecule has 0 bridgehead atoms. The summed E-state index contributed by atoms with van der Waals surface area (Å²) in [4.78, 5) is 17.3. The molecule has 1 aliphatic heterocycles. The summed E-state index contributed by atoms with van der Waals surface area (Å²) >= 11 is 0. The van der Waals surface area contributed by atoms with Crippen LogP contribution in [0.25, 0.3) is 16.7 Å². The number of nitrogens with one attached hydrogen (secondary N) is 1. The van der Waals surface area contributed by atoms with E-state index in [2.05, 4.69) is 5.32 Å². The summed E-state index contributed by atoms with van der Waals surface area (Å²) in [5.74, 6) is 2.01. The number of ketones is 1. The lowest BCUT2D eigenvalue weighted by Crippen LogP contribution is -2.26. The number of carbonyl (C=O) groups is 1. The van der Waals surface area contributed by atoms with Crippen LogP contribution < -0.4 is 14.8 Å². The van der Waals surface area contributed by atoms with E-state index in [1.54, 1.807) is 21.1 Å². The second kappa shape index (κ2) is 6.46. The van der Waals surface area contributed by atoms with Crippen molar-refractivity contribution in [3.05, 3.63) is 53.6 Å². The van der Waals surface area contributed by atoms with Crippen LogP contribution in [0.4, 0.5) is 5.95 Å². The van der Waals surface area contributed by atoms with Crippen molar-refractivity contribution < 1.29 is 14.3 Å². The molecule has 2 heterocycles. The van der Waals surface area contributed by atoms with E-state index >= 15 is 0 Å². The molecule has 1 unspecified atom stereocenters. The number of ether oxygens (including phenoxy) is 2. The summed E-state index contributed by atoms with van der Waals surface area (Å²) in [6.07, 6.45) is 0. The van der Waals surface area contributed by atoms with E-state index in [4.69, 9.17) is 14.5 Å². The zero-order valence-corrected chi connectivity index (χ0v) is 15.7. The molecule has 0 spiro atoms. The van der Waals surface area contributed by atoms with E-state index in [0.29, 0.717) is 17.1 Å². The Bertz CT molecular complexity index is 1080. The van der Waals surface area contributed by atoms with Crippen molar-refractivity contribution in [3.8, 4) is 11.5 Å². The summed E-state index contributed by atoms with van der Waals surface area (Å²) in [7, 11) is 3.20. The molecule has 3 aromatic rings. The maximum atomic E-state index is 12.6. The maximum absolute atomic E-state index is 12.6. The number of allylic oxidation sites excluding steroid dienone is 1. The summed E-state index contributed by atoms with van der Waals surface area (Å²) in [5, 5.41) is 3.43. The smallest absolute Gasteiger partial charge is 0.209 e. The molecule has 4 rings (SSSR count). The normalized spacial score (nSPS) is 16.1. The lowest BCUT2D eigenvalue weighted by Gasteiger charge is -2.29. The van der Waals surface area contributed by atoms with Crippen LogP contribution in [0.5, 0.6) is 11.5 Å². The third kappa shape index (κ3) is 2.65. The molecule has 0 aliphatic carbocycles. The SMILES string of the molecule is COc1ccc(C2Nc3nc4ccccc4n3C(C)=C2C(C)=O)cc1OC. The fourth-order valence-corrected chi connectivity index (χ4v) is 3.73. The number of para-hydroxylation sites is 2. The average Bonchev–Trinajstić information content (AvgIpc) is 3.05.